The van der Waals surface area contributed by atoms with E-state index in [1.54, 1.807) is 18.7 Å². The van der Waals surface area contributed by atoms with Crippen LogP contribution in [-0.4, -0.2) is 27.8 Å². The summed E-state index contributed by atoms with van der Waals surface area (Å²) in [6.07, 6.45) is -1.06. The van der Waals surface area contributed by atoms with Crippen LogP contribution in [0.2, 0.25) is 5.02 Å². The minimum atomic E-state index is -1.07. The standard InChI is InChI=1S/C17H19ClFN3O3/c1-9-13(10(2)22(4)21-9)8-16(23)25-11(3)17(24)20-15-6-5-12(18)7-14(15)19/h5-7,11H,8H2,1-4H3,(H,20,24). The fraction of sp³-hybridized carbons (Fsp3) is 0.353. The largest absolute Gasteiger partial charge is 0.452 e. The summed E-state index contributed by atoms with van der Waals surface area (Å²) < 4.78 is 20.5. The lowest BCUT2D eigenvalue weighted by molar-refractivity contribution is -0.152. The first-order valence-corrected chi connectivity index (χ1v) is 8.01. The van der Waals surface area contributed by atoms with E-state index in [0.717, 1.165) is 23.0 Å². The molecule has 1 aromatic heterocycles. The van der Waals surface area contributed by atoms with Crippen LogP contribution in [0.3, 0.4) is 0 Å². The second kappa shape index (κ2) is 7.65. The van der Waals surface area contributed by atoms with E-state index in [1.807, 2.05) is 6.92 Å². The minimum absolute atomic E-state index is 0.0123. The van der Waals surface area contributed by atoms with Gasteiger partial charge in [-0.05, 0) is 39.0 Å². The SMILES string of the molecule is Cc1nn(C)c(C)c1CC(=O)OC(C)C(=O)Nc1ccc(Cl)cc1F. The molecule has 0 aliphatic heterocycles. The lowest BCUT2D eigenvalue weighted by Gasteiger charge is -2.14. The topological polar surface area (TPSA) is 73.2 Å². The van der Waals surface area contributed by atoms with Crippen LogP contribution in [0.5, 0.6) is 0 Å². The second-order valence-electron chi connectivity index (χ2n) is 5.70. The van der Waals surface area contributed by atoms with Crippen LogP contribution < -0.4 is 5.32 Å². The Morgan fingerprint density at radius 1 is 1.40 bits per heavy atom. The number of hydrogen-bond donors (Lipinski definition) is 1. The Hall–Kier alpha value is -2.41. The first-order chi connectivity index (χ1) is 11.7. The molecule has 0 fully saturated rings. The smallest absolute Gasteiger partial charge is 0.311 e. The molecule has 0 saturated heterocycles. The van der Waals surface area contributed by atoms with Crippen molar-refractivity contribution in [1.82, 2.24) is 9.78 Å². The number of aryl methyl sites for hydroxylation is 2. The summed E-state index contributed by atoms with van der Waals surface area (Å²) in [5.41, 5.74) is 2.33. The van der Waals surface area contributed by atoms with Gasteiger partial charge in [-0.1, -0.05) is 11.6 Å². The Bertz CT molecular complexity index is 820. The molecule has 0 aliphatic rings. The Morgan fingerprint density at radius 2 is 2.08 bits per heavy atom. The van der Waals surface area contributed by atoms with Crippen LogP contribution >= 0.6 is 11.6 Å². The lowest BCUT2D eigenvalue weighted by Crippen LogP contribution is -2.30. The van der Waals surface area contributed by atoms with Crippen molar-refractivity contribution >= 4 is 29.2 Å². The molecule has 1 heterocycles. The summed E-state index contributed by atoms with van der Waals surface area (Å²) in [7, 11) is 1.79. The van der Waals surface area contributed by atoms with Crippen LogP contribution in [0.15, 0.2) is 18.2 Å². The predicted molar refractivity (Wildman–Crippen MR) is 92.0 cm³/mol. The summed E-state index contributed by atoms with van der Waals surface area (Å²) in [4.78, 5) is 24.1. The summed E-state index contributed by atoms with van der Waals surface area (Å²) >= 11 is 5.66. The highest BCUT2D eigenvalue weighted by atomic mass is 35.5. The zero-order valence-corrected chi connectivity index (χ0v) is 15.1. The first-order valence-electron chi connectivity index (χ1n) is 7.63. The number of halogens is 2. The van der Waals surface area contributed by atoms with E-state index in [2.05, 4.69) is 10.4 Å². The number of benzene rings is 1. The van der Waals surface area contributed by atoms with E-state index in [0.29, 0.717) is 0 Å². The monoisotopic (exact) mass is 367 g/mol. The molecule has 1 amide bonds. The van der Waals surface area contributed by atoms with Crippen LogP contribution in [0.4, 0.5) is 10.1 Å². The van der Waals surface area contributed by atoms with Crippen LogP contribution in [-0.2, 0) is 27.8 Å². The highest BCUT2D eigenvalue weighted by molar-refractivity contribution is 6.30. The number of esters is 1. The molecule has 6 nitrogen and oxygen atoms in total. The molecular formula is C17H19ClFN3O3. The predicted octanol–water partition coefficient (Wildman–Crippen LogP) is 2.94. The molecular weight excluding hydrogens is 349 g/mol. The Kier molecular flexibility index (Phi) is 5.79. The third-order valence-electron chi connectivity index (χ3n) is 3.85. The number of aromatic nitrogens is 2. The van der Waals surface area contributed by atoms with Gasteiger partial charge < -0.3 is 10.1 Å². The molecule has 0 bridgehead atoms. The van der Waals surface area contributed by atoms with Gasteiger partial charge in [-0.2, -0.15) is 5.10 Å². The van der Waals surface area contributed by atoms with Crippen molar-refractivity contribution in [2.24, 2.45) is 7.05 Å². The Labute approximate surface area is 149 Å². The number of hydrogen-bond acceptors (Lipinski definition) is 4. The number of ether oxygens (including phenoxy) is 1. The summed E-state index contributed by atoms with van der Waals surface area (Å²) in [5.74, 6) is -1.85. The molecule has 0 aliphatic carbocycles. The number of carbonyl (C=O) groups excluding carboxylic acids is 2. The van der Waals surface area contributed by atoms with Gasteiger partial charge in [0.15, 0.2) is 6.10 Å². The maximum atomic E-state index is 13.7. The summed E-state index contributed by atoms with van der Waals surface area (Å²) in [6.45, 7) is 5.07. The first kappa shape index (κ1) is 18.9. The molecule has 0 radical (unpaired) electrons. The van der Waals surface area contributed by atoms with Crippen LogP contribution in [0.25, 0.3) is 0 Å². The lowest BCUT2D eigenvalue weighted by atomic mass is 10.1. The molecule has 0 saturated carbocycles. The number of rotatable bonds is 5. The van der Waals surface area contributed by atoms with E-state index in [4.69, 9.17) is 16.3 Å². The maximum Gasteiger partial charge on any atom is 0.311 e. The van der Waals surface area contributed by atoms with Crippen molar-refractivity contribution in [2.75, 3.05) is 5.32 Å². The zero-order valence-electron chi connectivity index (χ0n) is 14.4. The third-order valence-corrected chi connectivity index (χ3v) is 4.08. The molecule has 1 N–H and O–H groups in total. The van der Waals surface area contributed by atoms with E-state index in [1.165, 1.54) is 19.1 Å². The van der Waals surface area contributed by atoms with E-state index in [-0.39, 0.29) is 17.1 Å². The quantitative estimate of drug-likeness (QED) is 0.824. The Morgan fingerprint density at radius 3 is 2.64 bits per heavy atom. The summed E-state index contributed by atoms with van der Waals surface area (Å²) in [6, 6.07) is 3.87. The van der Waals surface area contributed by atoms with Crippen molar-refractivity contribution < 1.29 is 18.7 Å². The molecule has 1 atom stereocenters. The van der Waals surface area contributed by atoms with Gasteiger partial charge in [-0.15, -0.1) is 0 Å². The normalized spacial score (nSPS) is 11.9. The third kappa shape index (κ3) is 4.57. The molecule has 1 aromatic carbocycles. The highest BCUT2D eigenvalue weighted by Gasteiger charge is 2.21. The summed E-state index contributed by atoms with van der Waals surface area (Å²) in [5, 5.41) is 6.81. The minimum Gasteiger partial charge on any atom is -0.452 e. The fourth-order valence-electron chi connectivity index (χ4n) is 2.34. The average molecular weight is 368 g/mol. The van der Waals surface area contributed by atoms with Gasteiger partial charge in [0.05, 0.1) is 17.8 Å². The number of anilines is 1. The number of carbonyl (C=O) groups is 2. The molecule has 134 valence electrons. The average Bonchev–Trinajstić information content (AvgIpc) is 2.76. The molecule has 2 aromatic rings. The molecule has 25 heavy (non-hydrogen) atoms. The van der Waals surface area contributed by atoms with Crippen molar-refractivity contribution in [3.05, 3.63) is 46.0 Å². The van der Waals surface area contributed by atoms with E-state index in [9.17, 15) is 14.0 Å². The van der Waals surface area contributed by atoms with Gasteiger partial charge >= 0.3 is 5.97 Å². The van der Waals surface area contributed by atoms with E-state index >= 15 is 0 Å². The Balaban J connectivity index is 1.97. The van der Waals surface area contributed by atoms with Gasteiger partial charge in [-0.3, -0.25) is 14.3 Å². The fourth-order valence-corrected chi connectivity index (χ4v) is 2.49. The van der Waals surface area contributed by atoms with Crippen molar-refractivity contribution in [1.29, 1.82) is 0 Å². The van der Waals surface area contributed by atoms with Crippen molar-refractivity contribution in [3.63, 3.8) is 0 Å². The van der Waals surface area contributed by atoms with E-state index < -0.39 is 23.8 Å². The van der Waals surface area contributed by atoms with Crippen LogP contribution in [0.1, 0.15) is 23.9 Å². The van der Waals surface area contributed by atoms with Gasteiger partial charge in [0.25, 0.3) is 5.91 Å². The van der Waals surface area contributed by atoms with Crippen molar-refractivity contribution in [3.8, 4) is 0 Å². The maximum absolute atomic E-state index is 13.7. The molecule has 2 rings (SSSR count). The number of nitrogens with zero attached hydrogens (tertiary/aromatic N) is 2. The van der Waals surface area contributed by atoms with Gasteiger partial charge in [0.1, 0.15) is 5.82 Å². The molecule has 0 spiro atoms. The second-order valence-corrected chi connectivity index (χ2v) is 6.13. The van der Waals surface area contributed by atoms with Crippen LogP contribution in [0, 0.1) is 19.7 Å². The van der Waals surface area contributed by atoms with Gasteiger partial charge in [0, 0.05) is 23.3 Å². The molecule has 8 heteroatoms. The zero-order chi connectivity index (χ0) is 18.7. The van der Waals surface area contributed by atoms with Crippen molar-refractivity contribution in [2.45, 2.75) is 33.3 Å². The molecule has 1 unspecified atom stereocenters. The number of nitrogens with one attached hydrogen (secondary N) is 1. The highest BCUT2D eigenvalue weighted by Crippen LogP contribution is 2.19. The van der Waals surface area contributed by atoms with Gasteiger partial charge in [-0.25, -0.2) is 4.39 Å². The number of amides is 1. The van der Waals surface area contributed by atoms with Gasteiger partial charge in [0.2, 0.25) is 0 Å².